The first-order chi connectivity index (χ1) is 10.1. The molecule has 2 nitrogen and oxygen atoms in total. The van der Waals surface area contributed by atoms with Crippen molar-refractivity contribution in [1.29, 1.82) is 0 Å². The van der Waals surface area contributed by atoms with Crippen LogP contribution in [0, 0.1) is 10.5 Å². The summed E-state index contributed by atoms with van der Waals surface area (Å²) in [5, 5.41) is 0.737. The number of hydrogen-bond donors (Lipinski definition) is 0. The Hall–Kier alpha value is -0.910. The molecule has 0 radical (unpaired) electrons. The van der Waals surface area contributed by atoms with Crippen molar-refractivity contribution >= 4 is 40.5 Å². The SMILES string of the molecule is Cc1cc(I)cc2c1C(C=O)N(Cc1ccc(Cl)cc1)C2. The molecule has 3 rings (SSSR count). The molecule has 2 aromatic rings. The molecule has 0 aromatic heterocycles. The number of halogens is 2. The van der Waals surface area contributed by atoms with E-state index in [9.17, 15) is 4.79 Å². The Morgan fingerprint density at radius 2 is 2.05 bits per heavy atom. The van der Waals surface area contributed by atoms with E-state index in [1.165, 1.54) is 25.8 Å². The van der Waals surface area contributed by atoms with Crippen LogP contribution in [0.25, 0.3) is 0 Å². The van der Waals surface area contributed by atoms with Gasteiger partial charge < -0.3 is 4.79 Å². The molecule has 108 valence electrons. The van der Waals surface area contributed by atoms with Gasteiger partial charge in [-0.1, -0.05) is 23.7 Å². The summed E-state index contributed by atoms with van der Waals surface area (Å²) in [6, 6.07) is 12.0. The number of carbonyl (C=O) groups is 1. The molecule has 0 N–H and O–H groups in total. The van der Waals surface area contributed by atoms with E-state index in [1.54, 1.807) is 0 Å². The molecule has 1 atom stereocenters. The van der Waals surface area contributed by atoms with Gasteiger partial charge in [-0.15, -0.1) is 0 Å². The average Bonchev–Trinajstić information content (AvgIpc) is 2.78. The second kappa shape index (κ2) is 6.07. The van der Waals surface area contributed by atoms with Gasteiger partial charge in [-0.3, -0.25) is 4.90 Å². The fourth-order valence-electron chi connectivity index (χ4n) is 3.01. The maximum atomic E-state index is 11.6. The summed E-state index contributed by atoms with van der Waals surface area (Å²) in [4.78, 5) is 13.8. The molecule has 4 heteroatoms. The van der Waals surface area contributed by atoms with Gasteiger partial charge >= 0.3 is 0 Å². The first-order valence-corrected chi connectivity index (χ1v) is 8.27. The lowest BCUT2D eigenvalue weighted by Crippen LogP contribution is -2.22. The summed E-state index contributed by atoms with van der Waals surface area (Å²) in [5.41, 5.74) is 4.82. The van der Waals surface area contributed by atoms with Gasteiger partial charge in [0, 0.05) is 21.7 Å². The number of carbonyl (C=O) groups excluding carboxylic acids is 1. The monoisotopic (exact) mass is 411 g/mol. The average molecular weight is 412 g/mol. The van der Waals surface area contributed by atoms with Crippen LogP contribution in [0.15, 0.2) is 36.4 Å². The molecule has 0 saturated heterocycles. The molecule has 21 heavy (non-hydrogen) atoms. The molecule has 0 amide bonds. The van der Waals surface area contributed by atoms with Crippen LogP contribution in [0.2, 0.25) is 5.02 Å². The topological polar surface area (TPSA) is 20.3 Å². The molecule has 2 aromatic carbocycles. The summed E-state index contributed by atoms with van der Waals surface area (Å²) in [6.45, 7) is 3.66. The van der Waals surface area contributed by atoms with Gasteiger partial charge in [-0.05, 0) is 76.0 Å². The lowest BCUT2D eigenvalue weighted by molar-refractivity contribution is -0.112. The van der Waals surface area contributed by atoms with Crippen LogP contribution in [0.5, 0.6) is 0 Å². The van der Waals surface area contributed by atoms with Crippen LogP contribution in [-0.2, 0) is 17.9 Å². The highest BCUT2D eigenvalue weighted by Crippen LogP contribution is 2.36. The largest absolute Gasteiger partial charge is 0.301 e. The van der Waals surface area contributed by atoms with Gasteiger partial charge in [-0.2, -0.15) is 0 Å². The van der Waals surface area contributed by atoms with Crippen molar-refractivity contribution in [1.82, 2.24) is 4.90 Å². The fraction of sp³-hybridized carbons (Fsp3) is 0.235. The van der Waals surface area contributed by atoms with Crippen LogP contribution >= 0.6 is 34.2 Å². The molecule has 0 fully saturated rings. The van der Waals surface area contributed by atoms with Crippen LogP contribution in [-0.4, -0.2) is 11.2 Å². The highest BCUT2D eigenvalue weighted by Gasteiger charge is 2.31. The van der Waals surface area contributed by atoms with Crippen LogP contribution in [0.3, 0.4) is 0 Å². The first-order valence-electron chi connectivity index (χ1n) is 6.81. The van der Waals surface area contributed by atoms with Crippen molar-refractivity contribution in [3.63, 3.8) is 0 Å². The molecular weight excluding hydrogens is 397 g/mol. The first kappa shape index (κ1) is 15.0. The predicted octanol–water partition coefficient (Wildman–Crippen LogP) is 4.51. The molecule has 0 spiro atoms. The minimum Gasteiger partial charge on any atom is -0.301 e. The Balaban J connectivity index is 1.90. The highest BCUT2D eigenvalue weighted by atomic mass is 127. The van der Waals surface area contributed by atoms with Crippen molar-refractivity contribution in [2.75, 3.05) is 0 Å². The van der Waals surface area contributed by atoms with E-state index in [1.807, 2.05) is 24.3 Å². The zero-order chi connectivity index (χ0) is 15.0. The number of rotatable bonds is 3. The van der Waals surface area contributed by atoms with Crippen molar-refractivity contribution < 1.29 is 4.79 Å². The summed E-state index contributed by atoms with van der Waals surface area (Å²) >= 11 is 8.26. The minimum absolute atomic E-state index is 0.146. The Kier molecular flexibility index (Phi) is 4.33. The Labute approximate surface area is 143 Å². The normalized spacial score (nSPS) is 17.8. The molecule has 1 aliphatic heterocycles. The second-order valence-electron chi connectivity index (χ2n) is 5.41. The second-order valence-corrected chi connectivity index (χ2v) is 7.09. The Morgan fingerprint density at radius 1 is 1.33 bits per heavy atom. The number of aryl methyl sites for hydroxylation is 1. The molecular formula is C17H15ClINO. The quantitative estimate of drug-likeness (QED) is 0.547. The van der Waals surface area contributed by atoms with E-state index < -0.39 is 0 Å². The van der Waals surface area contributed by atoms with Gasteiger partial charge in [-0.25, -0.2) is 0 Å². The molecule has 1 unspecified atom stereocenters. The summed E-state index contributed by atoms with van der Waals surface area (Å²) in [6.07, 6.45) is 1.06. The summed E-state index contributed by atoms with van der Waals surface area (Å²) in [5.74, 6) is 0. The lowest BCUT2D eigenvalue weighted by atomic mass is 10.00. The van der Waals surface area contributed by atoms with E-state index in [2.05, 4.69) is 46.5 Å². The van der Waals surface area contributed by atoms with Crippen molar-refractivity contribution in [3.05, 3.63) is 67.2 Å². The minimum atomic E-state index is -0.146. The zero-order valence-corrected chi connectivity index (χ0v) is 14.6. The number of benzene rings is 2. The molecule has 0 bridgehead atoms. The summed E-state index contributed by atoms with van der Waals surface area (Å²) < 4.78 is 1.22. The molecule has 1 aliphatic rings. The van der Waals surface area contributed by atoms with Gasteiger partial charge in [0.25, 0.3) is 0 Å². The number of aldehydes is 1. The maximum Gasteiger partial charge on any atom is 0.141 e. The van der Waals surface area contributed by atoms with Crippen LogP contribution in [0.1, 0.15) is 28.3 Å². The number of nitrogens with zero attached hydrogens (tertiary/aromatic N) is 1. The molecule has 0 aliphatic carbocycles. The van der Waals surface area contributed by atoms with Gasteiger partial charge in [0.1, 0.15) is 6.29 Å². The third-order valence-electron chi connectivity index (χ3n) is 3.93. The molecule has 1 heterocycles. The van der Waals surface area contributed by atoms with Crippen LogP contribution in [0.4, 0.5) is 0 Å². The Morgan fingerprint density at radius 3 is 2.71 bits per heavy atom. The highest BCUT2D eigenvalue weighted by molar-refractivity contribution is 14.1. The summed E-state index contributed by atoms with van der Waals surface area (Å²) in [7, 11) is 0. The fourth-order valence-corrected chi connectivity index (χ4v) is 3.98. The van der Waals surface area contributed by atoms with E-state index >= 15 is 0 Å². The zero-order valence-electron chi connectivity index (χ0n) is 11.6. The Bertz CT molecular complexity index is 684. The van der Waals surface area contributed by atoms with Crippen LogP contribution < -0.4 is 0 Å². The van der Waals surface area contributed by atoms with E-state index in [0.29, 0.717) is 0 Å². The van der Waals surface area contributed by atoms with E-state index in [4.69, 9.17) is 11.6 Å². The predicted molar refractivity (Wildman–Crippen MR) is 93.4 cm³/mol. The smallest absolute Gasteiger partial charge is 0.141 e. The van der Waals surface area contributed by atoms with E-state index in [-0.39, 0.29) is 6.04 Å². The number of fused-ring (bicyclic) bond motifs is 1. The van der Waals surface area contributed by atoms with Crippen molar-refractivity contribution in [3.8, 4) is 0 Å². The van der Waals surface area contributed by atoms with Gasteiger partial charge in [0.2, 0.25) is 0 Å². The number of hydrogen-bond acceptors (Lipinski definition) is 2. The third kappa shape index (κ3) is 3.00. The van der Waals surface area contributed by atoms with Gasteiger partial charge in [0.15, 0.2) is 0 Å². The lowest BCUT2D eigenvalue weighted by Gasteiger charge is -2.21. The van der Waals surface area contributed by atoms with E-state index in [0.717, 1.165) is 24.4 Å². The molecule has 0 saturated carbocycles. The van der Waals surface area contributed by atoms with Gasteiger partial charge in [0.05, 0.1) is 6.04 Å². The standard InChI is InChI=1S/C17H15ClINO/c1-11-6-15(19)7-13-9-20(16(10-21)17(11)13)8-12-2-4-14(18)5-3-12/h2-7,10,16H,8-9H2,1H3. The maximum absolute atomic E-state index is 11.6. The third-order valence-corrected chi connectivity index (χ3v) is 4.80. The van der Waals surface area contributed by atoms with Crippen molar-refractivity contribution in [2.45, 2.75) is 26.1 Å². The van der Waals surface area contributed by atoms with Crippen molar-refractivity contribution in [2.24, 2.45) is 0 Å².